The van der Waals surface area contributed by atoms with Crippen molar-refractivity contribution in [1.29, 1.82) is 0 Å². The number of carboxylic acid groups (broad SMARTS) is 1. The lowest BCUT2D eigenvalue weighted by molar-refractivity contribution is -0.151. The van der Waals surface area contributed by atoms with Gasteiger partial charge in [-0.15, -0.1) is 0 Å². The van der Waals surface area contributed by atoms with Gasteiger partial charge in [0.15, 0.2) is 6.10 Å². The Morgan fingerprint density at radius 2 is 1.60 bits per heavy atom. The molecule has 2 rings (SSSR count). The molecule has 2 aromatic carbocycles. The molecule has 0 unspecified atom stereocenters. The highest BCUT2D eigenvalue weighted by atomic mass is 19.4. The normalized spacial score (nSPS) is 13.2. The average molecular weight is 425 g/mol. The third-order valence-corrected chi connectivity index (χ3v) is 4.03. The molecule has 3 N–H and O–H groups in total. The molecule has 1 amide bonds. The highest BCUT2D eigenvalue weighted by Crippen LogP contribution is 2.30. The maximum absolute atomic E-state index is 12.6. The lowest BCUT2D eigenvalue weighted by Crippen LogP contribution is -2.44. The molecule has 10 heteroatoms. The van der Waals surface area contributed by atoms with Crippen LogP contribution in [0.2, 0.25) is 0 Å². The summed E-state index contributed by atoms with van der Waals surface area (Å²) >= 11 is 0. The van der Waals surface area contributed by atoms with Crippen molar-refractivity contribution in [3.05, 3.63) is 71.3 Å². The van der Waals surface area contributed by atoms with E-state index in [-0.39, 0.29) is 12.2 Å². The molecule has 2 atom stereocenters. The molecule has 0 spiro atoms. The van der Waals surface area contributed by atoms with Crippen molar-refractivity contribution < 1.29 is 42.5 Å². The first-order chi connectivity index (χ1) is 14.1. The zero-order chi connectivity index (χ0) is 22.3. The minimum absolute atomic E-state index is 0.0891. The van der Waals surface area contributed by atoms with Crippen molar-refractivity contribution in [2.24, 2.45) is 0 Å². The Balaban J connectivity index is 1.95. The number of halogens is 3. The van der Waals surface area contributed by atoms with E-state index in [1.807, 2.05) is 5.32 Å². The third kappa shape index (κ3) is 6.59. The van der Waals surface area contributed by atoms with Crippen LogP contribution in [-0.2, 0) is 31.9 Å². The van der Waals surface area contributed by atoms with Crippen LogP contribution in [0.25, 0.3) is 0 Å². The molecule has 160 valence electrons. The molecular weight excluding hydrogens is 407 g/mol. The Kier molecular flexibility index (Phi) is 7.54. The first kappa shape index (κ1) is 22.9. The molecule has 30 heavy (non-hydrogen) atoms. The molecule has 2 aromatic rings. The van der Waals surface area contributed by atoms with E-state index < -0.39 is 48.2 Å². The number of carbonyl (C=O) groups excluding carboxylic acids is 2. The van der Waals surface area contributed by atoms with Gasteiger partial charge in [-0.1, -0.05) is 42.5 Å². The number of aliphatic hydroxyl groups is 1. The molecule has 0 fully saturated rings. The number of esters is 1. The summed E-state index contributed by atoms with van der Waals surface area (Å²) in [6.07, 6.45) is -7.21. The fraction of sp³-hybridized carbons (Fsp3) is 0.250. The Morgan fingerprint density at radius 1 is 1.00 bits per heavy atom. The zero-order valence-electron chi connectivity index (χ0n) is 15.4. The molecule has 0 aromatic heterocycles. The monoisotopic (exact) mass is 425 g/mol. The van der Waals surface area contributed by atoms with E-state index >= 15 is 0 Å². The lowest BCUT2D eigenvalue weighted by Gasteiger charge is -2.17. The van der Waals surface area contributed by atoms with Gasteiger partial charge in [0.1, 0.15) is 12.6 Å². The third-order valence-electron chi connectivity index (χ3n) is 4.03. The van der Waals surface area contributed by atoms with E-state index in [2.05, 4.69) is 0 Å². The van der Waals surface area contributed by atoms with Crippen LogP contribution in [0.3, 0.4) is 0 Å². The molecule has 0 saturated heterocycles. The van der Waals surface area contributed by atoms with Crippen molar-refractivity contribution in [3.8, 4) is 0 Å². The molecule has 0 aliphatic rings. The topological polar surface area (TPSA) is 113 Å². The second kappa shape index (κ2) is 9.88. The van der Waals surface area contributed by atoms with Gasteiger partial charge >= 0.3 is 18.1 Å². The number of benzene rings is 2. The lowest BCUT2D eigenvalue weighted by atomic mass is 10.1. The summed E-state index contributed by atoms with van der Waals surface area (Å²) in [5.41, 5.74) is -0.459. The Morgan fingerprint density at radius 3 is 2.13 bits per heavy atom. The quantitative estimate of drug-likeness (QED) is 0.560. The SMILES string of the molecule is O=C(C[C@H](NC(=O)[C@@H](O)c1ccc(C(F)(F)F)cc1)C(=O)O)OCc1ccccc1. The number of hydrogen-bond donors (Lipinski definition) is 3. The van der Waals surface area contributed by atoms with Crippen molar-refractivity contribution >= 4 is 17.8 Å². The smallest absolute Gasteiger partial charge is 0.416 e. The van der Waals surface area contributed by atoms with E-state index in [9.17, 15) is 37.8 Å². The van der Waals surface area contributed by atoms with E-state index in [1.165, 1.54) is 0 Å². The predicted molar refractivity (Wildman–Crippen MR) is 96.8 cm³/mol. The van der Waals surface area contributed by atoms with Gasteiger partial charge in [0.2, 0.25) is 0 Å². The number of nitrogens with one attached hydrogen (secondary N) is 1. The number of aliphatic carboxylic acids is 1. The summed E-state index contributed by atoms with van der Waals surface area (Å²) in [5.74, 6) is -3.62. The number of amides is 1. The average Bonchev–Trinajstić information content (AvgIpc) is 2.71. The van der Waals surface area contributed by atoms with Crippen LogP contribution in [-0.4, -0.2) is 34.1 Å². The Bertz CT molecular complexity index is 884. The van der Waals surface area contributed by atoms with Gasteiger partial charge in [0.25, 0.3) is 5.91 Å². The Labute approximate surface area is 169 Å². The first-order valence-corrected chi connectivity index (χ1v) is 8.66. The van der Waals surface area contributed by atoms with Gasteiger partial charge in [-0.2, -0.15) is 13.2 Å². The van der Waals surface area contributed by atoms with E-state index in [0.29, 0.717) is 17.7 Å². The standard InChI is InChI=1S/C20H18F3NO6/c21-20(22,23)14-8-6-13(7-9-14)17(26)18(27)24-15(19(28)29)10-16(25)30-11-12-4-2-1-3-5-12/h1-9,15,17,26H,10-11H2,(H,24,27)(H,28,29)/t15-,17-/m0/s1. The molecule has 0 aliphatic carbocycles. The maximum atomic E-state index is 12.6. The summed E-state index contributed by atoms with van der Waals surface area (Å²) in [6, 6.07) is 10.1. The largest absolute Gasteiger partial charge is 0.480 e. The summed E-state index contributed by atoms with van der Waals surface area (Å²) in [7, 11) is 0. The first-order valence-electron chi connectivity index (χ1n) is 8.66. The van der Waals surface area contributed by atoms with Gasteiger partial charge in [-0.25, -0.2) is 4.79 Å². The molecule has 0 heterocycles. The molecular formula is C20H18F3NO6. The van der Waals surface area contributed by atoms with Crippen LogP contribution in [0.4, 0.5) is 13.2 Å². The number of carboxylic acids is 1. The van der Waals surface area contributed by atoms with Gasteiger partial charge < -0.3 is 20.3 Å². The second-order valence-electron chi connectivity index (χ2n) is 6.27. The Hall–Kier alpha value is -3.40. The highest BCUT2D eigenvalue weighted by Gasteiger charge is 2.31. The fourth-order valence-corrected chi connectivity index (χ4v) is 2.42. The number of aliphatic hydroxyl groups excluding tert-OH is 1. The van der Waals surface area contributed by atoms with Crippen LogP contribution in [0.15, 0.2) is 54.6 Å². The number of alkyl halides is 3. The van der Waals surface area contributed by atoms with E-state index in [4.69, 9.17) is 4.74 Å². The molecule has 0 radical (unpaired) electrons. The summed E-state index contributed by atoms with van der Waals surface area (Å²) in [5, 5.41) is 21.2. The van der Waals surface area contributed by atoms with Crippen LogP contribution in [0, 0.1) is 0 Å². The van der Waals surface area contributed by atoms with Gasteiger partial charge in [0.05, 0.1) is 12.0 Å². The summed E-state index contributed by atoms with van der Waals surface area (Å²) < 4.78 is 42.7. The minimum Gasteiger partial charge on any atom is -0.480 e. The van der Waals surface area contributed by atoms with Gasteiger partial charge in [0, 0.05) is 0 Å². The summed E-state index contributed by atoms with van der Waals surface area (Å²) in [6.45, 7) is -0.0891. The van der Waals surface area contributed by atoms with Crippen LogP contribution in [0.5, 0.6) is 0 Å². The van der Waals surface area contributed by atoms with E-state index in [0.717, 1.165) is 12.1 Å². The predicted octanol–water partition coefficient (Wildman–Crippen LogP) is 2.44. The van der Waals surface area contributed by atoms with Gasteiger partial charge in [-0.3, -0.25) is 9.59 Å². The second-order valence-corrected chi connectivity index (χ2v) is 6.27. The van der Waals surface area contributed by atoms with Crippen LogP contribution >= 0.6 is 0 Å². The van der Waals surface area contributed by atoms with Crippen molar-refractivity contribution in [2.45, 2.75) is 31.3 Å². The van der Waals surface area contributed by atoms with Crippen LogP contribution < -0.4 is 5.32 Å². The number of ether oxygens (including phenoxy) is 1. The van der Waals surface area contributed by atoms with Crippen molar-refractivity contribution in [2.75, 3.05) is 0 Å². The molecule has 7 nitrogen and oxygen atoms in total. The highest BCUT2D eigenvalue weighted by molar-refractivity contribution is 5.89. The molecule has 0 bridgehead atoms. The van der Waals surface area contributed by atoms with E-state index in [1.54, 1.807) is 30.3 Å². The molecule has 0 saturated carbocycles. The zero-order valence-corrected chi connectivity index (χ0v) is 15.4. The number of rotatable bonds is 8. The molecule has 0 aliphatic heterocycles. The maximum Gasteiger partial charge on any atom is 0.416 e. The van der Waals surface area contributed by atoms with Crippen molar-refractivity contribution in [3.63, 3.8) is 0 Å². The number of carbonyl (C=O) groups is 3. The van der Waals surface area contributed by atoms with Gasteiger partial charge in [-0.05, 0) is 23.3 Å². The minimum atomic E-state index is -4.58. The van der Waals surface area contributed by atoms with Crippen LogP contribution in [0.1, 0.15) is 29.2 Å². The summed E-state index contributed by atoms with van der Waals surface area (Å²) in [4.78, 5) is 35.3. The fourth-order valence-electron chi connectivity index (χ4n) is 2.42. The van der Waals surface area contributed by atoms with Crippen molar-refractivity contribution in [1.82, 2.24) is 5.32 Å². The number of hydrogen-bond acceptors (Lipinski definition) is 5.